The molecule has 8 heteroatoms. The Kier molecular flexibility index (Phi) is 5.76. The third kappa shape index (κ3) is 4.11. The number of hydrogen-bond donors (Lipinski definition) is 1. The van der Waals surface area contributed by atoms with Gasteiger partial charge in [0.15, 0.2) is 0 Å². The summed E-state index contributed by atoms with van der Waals surface area (Å²) >= 11 is 7.55. The zero-order chi connectivity index (χ0) is 19.8. The van der Waals surface area contributed by atoms with Gasteiger partial charge < -0.3 is 4.57 Å². The van der Waals surface area contributed by atoms with Gasteiger partial charge in [-0.05, 0) is 38.5 Å². The number of aromatic nitrogens is 2. The SMILES string of the molecule is CC[C@@H](C)NS(=O)(=O)c1cc(-c2nc(-c3cccc(Cl)c3)cs2)n(C)c1C. The molecule has 0 aliphatic rings. The molecule has 1 aromatic carbocycles. The van der Waals surface area contributed by atoms with Crippen molar-refractivity contribution in [3.8, 4) is 22.0 Å². The quantitative estimate of drug-likeness (QED) is 0.616. The molecule has 0 aliphatic heterocycles. The van der Waals surface area contributed by atoms with Crippen molar-refractivity contribution in [3.05, 3.63) is 46.4 Å². The fourth-order valence-electron chi connectivity index (χ4n) is 2.73. The van der Waals surface area contributed by atoms with Gasteiger partial charge in [0, 0.05) is 34.7 Å². The van der Waals surface area contributed by atoms with Crippen molar-refractivity contribution >= 4 is 33.0 Å². The van der Waals surface area contributed by atoms with E-state index in [0.29, 0.717) is 15.6 Å². The monoisotopic (exact) mass is 423 g/mol. The largest absolute Gasteiger partial charge is 0.345 e. The Balaban J connectivity index is 2.00. The van der Waals surface area contributed by atoms with Crippen LogP contribution in [0.4, 0.5) is 0 Å². The molecule has 5 nitrogen and oxygen atoms in total. The third-order valence-electron chi connectivity index (χ3n) is 4.59. The summed E-state index contributed by atoms with van der Waals surface area (Å²) in [6.07, 6.45) is 0.730. The molecule has 0 unspecified atom stereocenters. The van der Waals surface area contributed by atoms with Crippen LogP contribution in [0.2, 0.25) is 5.02 Å². The van der Waals surface area contributed by atoms with Gasteiger partial charge >= 0.3 is 0 Å². The zero-order valence-electron chi connectivity index (χ0n) is 15.7. The Morgan fingerprint density at radius 3 is 2.74 bits per heavy atom. The van der Waals surface area contributed by atoms with E-state index in [1.165, 1.54) is 11.3 Å². The Hall–Kier alpha value is -1.67. The smallest absolute Gasteiger partial charge is 0.242 e. The van der Waals surface area contributed by atoms with Crippen LogP contribution >= 0.6 is 22.9 Å². The average Bonchev–Trinajstić information content (AvgIpc) is 3.21. The summed E-state index contributed by atoms with van der Waals surface area (Å²) in [6, 6.07) is 9.10. The summed E-state index contributed by atoms with van der Waals surface area (Å²) in [5, 5.41) is 3.37. The summed E-state index contributed by atoms with van der Waals surface area (Å²) in [5.74, 6) is 0. The molecule has 1 N–H and O–H groups in total. The third-order valence-corrected chi connectivity index (χ3v) is 7.40. The Morgan fingerprint density at radius 1 is 1.33 bits per heavy atom. The van der Waals surface area contributed by atoms with E-state index >= 15 is 0 Å². The lowest BCUT2D eigenvalue weighted by Crippen LogP contribution is -2.32. The number of halogens is 1. The lowest BCUT2D eigenvalue weighted by molar-refractivity contribution is 0.555. The molecule has 0 spiro atoms. The van der Waals surface area contributed by atoms with Crippen LogP contribution in [0.5, 0.6) is 0 Å². The van der Waals surface area contributed by atoms with Gasteiger partial charge in [-0.15, -0.1) is 11.3 Å². The van der Waals surface area contributed by atoms with Crippen LogP contribution in [0.3, 0.4) is 0 Å². The predicted molar refractivity (Wildman–Crippen MR) is 112 cm³/mol. The number of rotatable bonds is 6. The second-order valence-corrected chi connectivity index (χ2v) is 9.49. The molecule has 3 aromatic rings. The second-order valence-electron chi connectivity index (χ2n) is 6.52. The highest BCUT2D eigenvalue weighted by Gasteiger charge is 2.24. The van der Waals surface area contributed by atoms with Gasteiger partial charge in [0.05, 0.1) is 11.4 Å². The van der Waals surface area contributed by atoms with Crippen LogP contribution in [0.15, 0.2) is 40.6 Å². The van der Waals surface area contributed by atoms with E-state index in [1.54, 1.807) is 13.0 Å². The van der Waals surface area contributed by atoms with Crippen molar-refractivity contribution in [1.82, 2.24) is 14.3 Å². The minimum absolute atomic E-state index is 0.118. The first kappa shape index (κ1) is 20.1. The first-order valence-corrected chi connectivity index (χ1v) is 11.4. The molecule has 0 bridgehead atoms. The lowest BCUT2D eigenvalue weighted by atomic mass is 10.2. The fourth-order valence-corrected chi connectivity index (χ4v) is 5.42. The Morgan fingerprint density at radius 2 is 2.07 bits per heavy atom. The van der Waals surface area contributed by atoms with E-state index in [9.17, 15) is 8.42 Å². The molecule has 27 heavy (non-hydrogen) atoms. The number of nitrogens with zero attached hydrogens (tertiary/aromatic N) is 2. The van der Waals surface area contributed by atoms with Crippen LogP contribution in [0, 0.1) is 6.92 Å². The predicted octanol–water partition coefficient (Wildman–Crippen LogP) is 4.85. The highest BCUT2D eigenvalue weighted by molar-refractivity contribution is 7.89. The van der Waals surface area contributed by atoms with E-state index in [2.05, 4.69) is 4.72 Å². The topological polar surface area (TPSA) is 64.0 Å². The van der Waals surface area contributed by atoms with Gasteiger partial charge in [0.1, 0.15) is 9.90 Å². The minimum atomic E-state index is -3.57. The van der Waals surface area contributed by atoms with Crippen molar-refractivity contribution in [3.63, 3.8) is 0 Å². The van der Waals surface area contributed by atoms with Crippen molar-refractivity contribution < 1.29 is 8.42 Å². The van der Waals surface area contributed by atoms with Crippen LogP contribution < -0.4 is 4.72 Å². The van der Waals surface area contributed by atoms with E-state index in [4.69, 9.17) is 16.6 Å². The molecule has 0 fully saturated rings. The van der Waals surface area contributed by atoms with Crippen molar-refractivity contribution in [2.45, 2.75) is 38.1 Å². The minimum Gasteiger partial charge on any atom is -0.345 e. The maximum absolute atomic E-state index is 12.7. The van der Waals surface area contributed by atoms with Gasteiger partial charge in [0.25, 0.3) is 0 Å². The normalized spacial score (nSPS) is 13.1. The Bertz CT molecular complexity index is 1070. The van der Waals surface area contributed by atoms with E-state index in [-0.39, 0.29) is 6.04 Å². The van der Waals surface area contributed by atoms with Crippen LogP contribution in [-0.4, -0.2) is 24.0 Å². The molecular formula is C19H22ClN3O2S2. The summed E-state index contributed by atoms with van der Waals surface area (Å²) in [5.41, 5.74) is 3.20. The van der Waals surface area contributed by atoms with Gasteiger partial charge in [-0.2, -0.15) is 0 Å². The van der Waals surface area contributed by atoms with Crippen LogP contribution in [0.25, 0.3) is 22.0 Å². The number of thiazole rings is 1. The molecule has 2 aromatic heterocycles. The zero-order valence-corrected chi connectivity index (χ0v) is 18.0. The van der Waals surface area contributed by atoms with Crippen molar-refractivity contribution in [2.75, 3.05) is 0 Å². The summed E-state index contributed by atoms with van der Waals surface area (Å²) < 4.78 is 30.0. The summed E-state index contributed by atoms with van der Waals surface area (Å²) in [6.45, 7) is 5.61. The number of benzene rings is 1. The van der Waals surface area contributed by atoms with Crippen molar-refractivity contribution in [1.29, 1.82) is 0 Å². The number of nitrogens with one attached hydrogen (secondary N) is 1. The molecule has 0 amide bonds. The molecular weight excluding hydrogens is 402 g/mol. The highest BCUT2D eigenvalue weighted by atomic mass is 35.5. The fraction of sp³-hybridized carbons (Fsp3) is 0.316. The van der Waals surface area contributed by atoms with E-state index < -0.39 is 10.0 Å². The molecule has 0 aliphatic carbocycles. The van der Waals surface area contributed by atoms with E-state index in [1.807, 2.05) is 55.1 Å². The molecule has 144 valence electrons. The number of hydrogen-bond acceptors (Lipinski definition) is 4. The molecule has 0 saturated heterocycles. The molecule has 2 heterocycles. The number of sulfonamides is 1. The highest BCUT2D eigenvalue weighted by Crippen LogP contribution is 2.33. The maximum atomic E-state index is 12.7. The van der Waals surface area contributed by atoms with Crippen LogP contribution in [-0.2, 0) is 17.1 Å². The molecule has 0 saturated carbocycles. The van der Waals surface area contributed by atoms with Gasteiger partial charge in [-0.3, -0.25) is 0 Å². The Labute approximate surface area is 169 Å². The van der Waals surface area contributed by atoms with Gasteiger partial charge in [-0.1, -0.05) is 30.7 Å². The second kappa shape index (κ2) is 7.75. The average molecular weight is 424 g/mol. The first-order valence-electron chi connectivity index (χ1n) is 8.63. The molecule has 0 radical (unpaired) electrons. The maximum Gasteiger partial charge on any atom is 0.242 e. The molecule has 3 rings (SSSR count). The van der Waals surface area contributed by atoms with Gasteiger partial charge in [0.2, 0.25) is 10.0 Å². The summed E-state index contributed by atoms with van der Waals surface area (Å²) in [7, 11) is -1.72. The molecule has 1 atom stereocenters. The first-order chi connectivity index (χ1) is 12.7. The summed E-state index contributed by atoms with van der Waals surface area (Å²) in [4.78, 5) is 4.98. The standard InChI is InChI=1S/C19H22ClN3O2S2/c1-5-12(2)22-27(24,25)18-10-17(23(4)13(18)3)19-21-16(11-26-19)14-7-6-8-15(20)9-14/h6-12,22H,5H2,1-4H3/t12-/m1/s1. The van der Waals surface area contributed by atoms with Crippen molar-refractivity contribution in [2.24, 2.45) is 7.05 Å². The van der Waals surface area contributed by atoms with Gasteiger partial charge in [-0.25, -0.2) is 18.1 Å². The lowest BCUT2D eigenvalue weighted by Gasteiger charge is -2.11. The van der Waals surface area contributed by atoms with E-state index in [0.717, 1.165) is 28.4 Å². The van der Waals surface area contributed by atoms with Crippen LogP contribution in [0.1, 0.15) is 26.0 Å².